The quantitative estimate of drug-likeness (QED) is 0.799. The van der Waals surface area contributed by atoms with E-state index in [-0.39, 0.29) is 11.9 Å². The predicted octanol–water partition coefficient (Wildman–Crippen LogP) is 1.94. The third kappa shape index (κ3) is 2.89. The maximum absolute atomic E-state index is 12.6. The molecule has 0 aromatic carbocycles. The number of hydrogen-bond donors (Lipinski definition) is 0. The Morgan fingerprint density at radius 2 is 1.95 bits per heavy atom. The first kappa shape index (κ1) is 15.5. The van der Waals surface area contributed by atoms with Crippen molar-refractivity contribution in [1.82, 2.24) is 4.31 Å². The van der Waals surface area contributed by atoms with Crippen LogP contribution >= 0.6 is 11.3 Å². The third-order valence-electron chi connectivity index (χ3n) is 3.60. The van der Waals surface area contributed by atoms with Gasteiger partial charge in [0.05, 0.1) is 17.9 Å². The summed E-state index contributed by atoms with van der Waals surface area (Å²) in [5.74, 6) is -0.429. The first-order valence-electron chi connectivity index (χ1n) is 6.51. The van der Waals surface area contributed by atoms with Gasteiger partial charge in [0.1, 0.15) is 0 Å². The van der Waals surface area contributed by atoms with Crippen molar-refractivity contribution in [2.75, 3.05) is 20.2 Å². The van der Waals surface area contributed by atoms with Gasteiger partial charge in [0.15, 0.2) is 0 Å². The molecule has 7 heteroatoms. The lowest BCUT2D eigenvalue weighted by atomic mass is 9.99. The van der Waals surface area contributed by atoms with Crippen LogP contribution in [0, 0.1) is 19.8 Å². The first-order chi connectivity index (χ1) is 9.36. The molecule has 1 aromatic rings. The van der Waals surface area contributed by atoms with E-state index in [1.165, 1.54) is 22.8 Å². The summed E-state index contributed by atoms with van der Waals surface area (Å²) in [7, 11) is -2.07. The second kappa shape index (κ2) is 5.83. The maximum atomic E-state index is 12.6. The summed E-state index contributed by atoms with van der Waals surface area (Å²) in [5, 5.41) is 0. The van der Waals surface area contributed by atoms with Gasteiger partial charge in [-0.1, -0.05) is 0 Å². The van der Waals surface area contributed by atoms with Crippen LogP contribution in [0.1, 0.15) is 22.6 Å². The third-order valence-corrected chi connectivity index (χ3v) is 6.72. The number of methoxy groups -OCH3 is 1. The molecule has 0 amide bonds. The lowest BCUT2D eigenvalue weighted by molar-refractivity contribution is -0.146. The normalized spacial score (nSPS) is 18.1. The molecule has 1 fully saturated rings. The molecule has 0 aliphatic carbocycles. The lowest BCUT2D eigenvalue weighted by Gasteiger charge is -2.29. The topological polar surface area (TPSA) is 63.7 Å². The Morgan fingerprint density at radius 3 is 2.40 bits per heavy atom. The highest BCUT2D eigenvalue weighted by Gasteiger charge is 2.33. The monoisotopic (exact) mass is 317 g/mol. The molecule has 112 valence electrons. The number of hydrogen-bond acceptors (Lipinski definition) is 5. The van der Waals surface area contributed by atoms with E-state index in [0.29, 0.717) is 30.8 Å². The molecule has 20 heavy (non-hydrogen) atoms. The van der Waals surface area contributed by atoms with Crippen LogP contribution in [0.15, 0.2) is 11.0 Å². The maximum Gasteiger partial charge on any atom is 0.308 e. The van der Waals surface area contributed by atoms with Gasteiger partial charge in [0.25, 0.3) is 0 Å². The number of piperidine rings is 1. The standard InChI is InChI=1S/C13H19NO4S2/c1-9-8-12(10(2)19-9)20(16,17)14-6-4-11(5-7-14)13(15)18-3/h8,11H,4-7H2,1-3H3. The van der Waals surface area contributed by atoms with Crippen molar-refractivity contribution >= 4 is 27.3 Å². The van der Waals surface area contributed by atoms with Crippen molar-refractivity contribution in [2.45, 2.75) is 31.6 Å². The minimum Gasteiger partial charge on any atom is -0.469 e. The molecular formula is C13H19NO4S2. The summed E-state index contributed by atoms with van der Waals surface area (Å²) in [6, 6.07) is 1.72. The molecule has 0 atom stereocenters. The second-order valence-electron chi connectivity index (χ2n) is 4.98. The Bertz CT molecular complexity index is 598. The Balaban J connectivity index is 2.14. The number of thiophene rings is 1. The molecule has 0 N–H and O–H groups in total. The fourth-order valence-electron chi connectivity index (χ4n) is 2.50. The average Bonchev–Trinajstić information content (AvgIpc) is 2.77. The zero-order chi connectivity index (χ0) is 14.9. The number of ether oxygens (including phenoxy) is 1. The van der Waals surface area contributed by atoms with E-state index in [9.17, 15) is 13.2 Å². The molecular weight excluding hydrogens is 298 g/mol. The van der Waals surface area contributed by atoms with E-state index in [2.05, 4.69) is 0 Å². The van der Waals surface area contributed by atoms with Crippen LogP contribution in [0.25, 0.3) is 0 Å². The number of carbonyl (C=O) groups excluding carboxylic acids is 1. The van der Waals surface area contributed by atoms with Crippen LogP contribution in [-0.4, -0.2) is 38.9 Å². The SMILES string of the molecule is COC(=O)C1CCN(S(=O)(=O)c2cc(C)sc2C)CC1. The predicted molar refractivity (Wildman–Crippen MR) is 77.3 cm³/mol. The van der Waals surface area contributed by atoms with Gasteiger partial charge >= 0.3 is 5.97 Å². The highest BCUT2D eigenvalue weighted by Crippen LogP contribution is 2.30. The fraction of sp³-hybridized carbons (Fsp3) is 0.615. The van der Waals surface area contributed by atoms with Gasteiger partial charge in [-0.25, -0.2) is 8.42 Å². The first-order valence-corrected chi connectivity index (χ1v) is 8.77. The highest BCUT2D eigenvalue weighted by molar-refractivity contribution is 7.89. The van der Waals surface area contributed by atoms with E-state index in [1.807, 2.05) is 13.8 Å². The van der Waals surface area contributed by atoms with E-state index < -0.39 is 10.0 Å². The van der Waals surface area contributed by atoms with Crippen molar-refractivity contribution in [3.8, 4) is 0 Å². The smallest absolute Gasteiger partial charge is 0.308 e. The molecule has 0 unspecified atom stereocenters. The minimum absolute atomic E-state index is 0.184. The largest absolute Gasteiger partial charge is 0.469 e. The van der Waals surface area contributed by atoms with E-state index >= 15 is 0 Å². The van der Waals surface area contributed by atoms with Crippen molar-refractivity contribution in [3.05, 3.63) is 15.8 Å². The van der Waals surface area contributed by atoms with Crippen LogP contribution in [0.2, 0.25) is 0 Å². The van der Waals surface area contributed by atoms with E-state index in [0.717, 1.165) is 9.75 Å². The van der Waals surface area contributed by atoms with Crippen molar-refractivity contribution < 1.29 is 17.9 Å². The van der Waals surface area contributed by atoms with Crippen LogP contribution in [0.4, 0.5) is 0 Å². The van der Waals surface area contributed by atoms with Gasteiger partial charge in [-0.3, -0.25) is 4.79 Å². The van der Waals surface area contributed by atoms with Gasteiger partial charge < -0.3 is 4.74 Å². The van der Waals surface area contributed by atoms with Crippen molar-refractivity contribution in [3.63, 3.8) is 0 Å². The molecule has 1 aliphatic heterocycles. The molecule has 0 radical (unpaired) electrons. The fourth-order valence-corrected chi connectivity index (χ4v) is 5.49. The molecule has 1 aromatic heterocycles. The zero-order valence-electron chi connectivity index (χ0n) is 11.9. The Labute approximate surface area is 123 Å². The summed E-state index contributed by atoms with van der Waals surface area (Å²) < 4.78 is 31.4. The summed E-state index contributed by atoms with van der Waals surface area (Å²) in [6.07, 6.45) is 1.04. The van der Waals surface area contributed by atoms with Crippen molar-refractivity contribution in [1.29, 1.82) is 0 Å². The molecule has 2 heterocycles. The van der Waals surface area contributed by atoms with Gasteiger partial charge in [-0.15, -0.1) is 11.3 Å². The number of sulfonamides is 1. The Kier molecular flexibility index (Phi) is 4.51. The van der Waals surface area contributed by atoms with Crippen LogP contribution in [0.5, 0.6) is 0 Å². The summed E-state index contributed by atoms with van der Waals surface area (Å²) in [5.41, 5.74) is 0. The second-order valence-corrected chi connectivity index (χ2v) is 8.35. The Morgan fingerprint density at radius 1 is 1.35 bits per heavy atom. The molecule has 1 aliphatic rings. The molecule has 5 nitrogen and oxygen atoms in total. The molecule has 0 bridgehead atoms. The number of nitrogens with zero attached hydrogens (tertiary/aromatic N) is 1. The van der Waals surface area contributed by atoms with Crippen molar-refractivity contribution in [2.24, 2.45) is 5.92 Å². The van der Waals surface area contributed by atoms with Crippen LogP contribution in [0.3, 0.4) is 0 Å². The number of rotatable bonds is 3. The van der Waals surface area contributed by atoms with Gasteiger partial charge in [-0.05, 0) is 32.8 Å². The lowest BCUT2D eigenvalue weighted by Crippen LogP contribution is -2.40. The number of carbonyl (C=O) groups is 1. The minimum atomic E-state index is -3.44. The zero-order valence-corrected chi connectivity index (χ0v) is 13.5. The highest BCUT2D eigenvalue weighted by atomic mass is 32.2. The summed E-state index contributed by atoms with van der Waals surface area (Å²) in [6.45, 7) is 4.47. The van der Waals surface area contributed by atoms with Gasteiger partial charge in [-0.2, -0.15) is 4.31 Å². The molecule has 1 saturated heterocycles. The molecule has 0 saturated carbocycles. The molecule has 0 spiro atoms. The van der Waals surface area contributed by atoms with Gasteiger partial charge in [0, 0.05) is 22.8 Å². The van der Waals surface area contributed by atoms with Crippen LogP contribution in [-0.2, 0) is 19.6 Å². The van der Waals surface area contributed by atoms with Gasteiger partial charge in [0.2, 0.25) is 10.0 Å². The van der Waals surface area contributed by atoms with Crippen LogP contribution < -0.4 is 0 Å². The molecule has 2 rings (SSSR count). The summed E-state index contributed by atoms with van der Waals surface area (Å²) in [4.78, 5) is 13.7. The average molecular weight is 317 g/mol. The van der Waals surface area contributed by atoms with E-state index in [4.69, 9.17) is 4.74 Å². The number of aryl methyl sites for hydroxylation is 2. The number of esters is 1. The summed E-state index contributed by atoms with van der Waals surface area (Å²) >= 11 is 1.49. The Hall–Kier alpha value is -0.920. The van der Waals surface area contributed by atoms with E-state index in [1.54, 1.807) is 6.07 Å².